The first kappa shape index (κ1) is 49.3. The van der Waals surface area contributed by atoms with Crippen molar-refractivity contribution in [2.45, 2.75) is 91.3 Å². The number of aryl methyl sites for hydroxylation is 4. The van der Waals surface area contributed by atoms with E-state index in [4.69, 9.17) is 28.4 Å². The zero-order valence-electron chi connectivity index (χ0n) is 36.7. The molecule has 0 aliphatic heterocycles. The van der Waals surface area contributed by atoms with Crippen molar-refractivity contribution >= 4 is 35.8 Å². The lowest BCUT2D eigenvalue weighted by Crippen LogP contribution is -2.32. The Morgan fingerprint density at radius 3 is 0.857 bits per heavy atom. The number of nitrogens with one attached hydrogen (secondary N) is 1. The molecular weight excluding hydrogens is 807 g/mol. The smallest absolute Gasteiger partial charge is 0.310 e. The van der Waals surface area contributed by atoms with Gasteiger partial charge in [0, 0.05) is 12.8 Å². The summed E-state index contributed by atoms with van der Waals surface area (Å²) >= 11 is 0. The van der Waals surface area contributed by atoms with E-state index in [1.54, 1.807) is 0 Å². The molecule has 336 valence electrons. The Balaban J connectivity index is 1.17. The van der Waals surface area contributed by atoms with Gasteiger partial charge in [-0.25, -0.2) is 0 Å². The third kappa shape index (κ3) is 20.9. The highest BCUT2D eigenvalue weighted by Gasteiger charge is 2.22. The molecule has 0 bridgehead atoms. The molecule has 4 rings (SSSR count). The Bertz CT molecular complexity index is 1790. The summed E-state index contributed by atoms with van der Waals surface area (Å²) in [5, 5.41) is 3.18. The molecule has 13 heteroatoms. The van der Waals surface area contributed by atoms with Gasteiger partial charge in [0.15, 0.2) is 12.2 Å². The SMILES string of the molecule is Cc1ccc(CC(=O)OCC(COC(=O)Cc2ccc(C)cc2)OC(=O)CCCNCCCC(=O)OC(COC(=O)Cc2ccc(C)cc2)COC(=O)Cc2ccc(C)cc2)cc1. The van der Waals surface area contributed by atoms with Crippen LogP contribution in [-0.2, 0) is 82.9 Å². The molecule has 0 saturated carbocycles. The van der Waals surface area contributed by atoms with Gasteiger partial charge in [0.1, 0.15) is 26.4 Å². The molecule has 0 aromatic heterocycles. The number of carbonyl (C=O) groups is 6. The minimum Gasteiger partial charge on any atom is -0.461 e. The van der Waals surface area contributed by atoms with Crippen LogP contribution in [0.4, 0.5) is 0 Å². The van der Waals surface area contributed by atoms with Crippen molar-refractivity contribution in [2.24, 2.45) is 0 Å². The highest BCUT2D eigenvalue weighted by atomic mass is 16.6. The van der Waals surface area contributed by atoms with E-state index >= 15 is 0 Å². The normalized spacial score (nSPS) is 10.9. The van der Waals surface area contributed by atoms with Crippen molar-refractivity contribution in [2.75, 3.05) is 39.5 Å². The van der Waals surface area contributed by atoms with E-state index in [1.807, 2.05) is 125 Å². The maximum atomic E-state index is 12.8. The summed E-state index contributed by atoms with van der Waals surface area (Å²) in [7, 11) is 0. The van der Waals surface area contributed by atoms with Gasteiger partial charge in [-0.15, -0.1) is 0 Å². The van der Waals surface area contributed by atoms with E-state index < -0.39 is 48.0 Å². The van der Waals surface area contributed by atoms with Gasteiger partial charge >= 0.3 is 35.8 Å². The van der Waals surface area contributed by atoms with E-state index in [0.29, 0.717) is 25.9 Å². The zero-order chi connectivity index (χ0) is 45.4. The van der Waals surface area contributed by atoms with Crippen LogP contribution in [0, 0.1) is 27.7 Å². The van der Waals surface area contributed by atoms with Gasteiger partial charge in [0.25, 0.3) is 0 Å². The minimum absolute atomic E-state index is 0.0347. The average Bonchev–Trinajstić information content (AvgIpc) is 3.25. The summed E-state index contributed by atoms with van der Waals surface area (Å²) in [5.41, 5.74) is 7.34. The van der Waals surface area contributed by atoms with Gasteiger partial charge < -0.3 is 33.7 Å². The van der Waals surface area contributed by atoms with Crippen LogP contribution in [-0.4, -0.2) is 87.5 Å². The molecule has 0 amide bonds. The summed E-state index contributed by atoms with van der Waals surface area (Å²) < 4.78 is 32.8. The minimum atomic E-state index is -1.00. The van der Waals surface area contributed by atoms with Crippen molar-refractivity contribution in [1.29, 1.82) is 0 Å². The highest BCUT2D eigenvalue weighted by molar-refractivity contribution is 5.75. The fourth-order valence-electron chi connectivity index (χ4n) is 6.00. The zero-order valence-corrected chi connectivity index (χ0v) is 36.7. The first-order chi connectivity index (χ1) is 30.3. The second-order valence-electron chi connectivity index (χ2n) is 15.6. The fourth-order valence-corrected chi connectivity index (χ4v) is 6.00. The average molecular weight is 866 g/mol. The van der Waals surface area contributed by atoms with Gasteiger partial charge in [-0.3, -0.25) is 28.8 Å². The Labute approximate surface area is 369 Å². The molecule has 0 unspecified atom stereocenters. The molecule has 0 fully saturated rings. The lowest BCUT2D eigenvalue weighted by atomic mass is 10.1. The van der Waals surface area contributed by atoms with E-state index in [0.717, 1.165) is 44.5 Å². The lowest BCUT2D eigenvalue weighted by molar-refractivity contribution is -0.166. The molecule has 4 aromatic carbocycles. The Morgan fingerprint density at radius 2 is 0.619 bits per heavy atom. The van der Waals surface area contributed by atoms with Crippen LogP contribution in [0.25, 0.3) is 0 Å². The molecule has 0 radical (unpaired) electrons. The third-order valence-corrected chi connectivity index (χ3v) is 9.66. The quantitative estimate of drug-likeness (QED) is 0.0422. The van der Waals surface area contributed by atoms with Crippen LogP contribution in [0.1, 0.15) is 70.2 Å². The molecule has 0 heterocycles. The molecule has 63 heavy (non-hydrogen) atoms. The van der Waals surface area contributed by atoms with Crippen molar-refractivity contribution < 1.29 is 57.2 Å². The summed E-state index contributed by atoms with van der Waals surface area (Å²) in [6.07, 6.45) is -0.990. The van der Waals surface area contributed by atoms with Crippen molar-refractivity contribution in [1.82, 2.24) is 5.32 Å². The molecule has 0 saturated heterocycles. The summed E-state index contributed by atoms with van der Waals surface area (Å²) in [4.78, 5) is 75.9. The van der Waals surface area contributed by atoms with Crippen LogP contribution < -0.4 is 5.32 Å². The topological polar surface area (TPSA) is 170 Å². The largest absolute Gasteiger partial charge is 0.461 e. The van der Waals surface area contributed by atoms with Gasteiger partial charge in [-0.05, 0) is 75.9 Å². The number of ether oxygens (including phenoxy) is 6. The lowest BCUT2D eigenvalue weighted by Gasteiger charge is -2.18. The molecule has 4 aromatic rings. The van der Waals surface area contributed by atoms with Gasteiger partial charge in [0.05, 0.1) is 25.7 Å². The first-order valence-electron chi connectivity index (χ1n) is 21.2. The third-order valence-electron chi connectivity index (χ3n) is 9.66. The Hall–Kier alpha value is -6.34. The second kappa shape index (κ2) is 26.9. The molecule has 0 spiro atoms. The monoisotopic (exact) mass is 865 g/mol. The molecule has 13 nitrogen and oxygen atoms in total. The summed E-state index contributed by atoms with van der Waals surface area (Å²) in [6, 6.07) is 29.9. The van der Waals surface area contributed by atoms with E-state index in [-0.39, 0.29) is 65.0 Å². The maximum absolute atomic E-state index is 12.8. The van der Waals surface area contributed by atoms with Crippen LogP contribution in [0.15, 0.2) is 97.1 Å². The van der Waals surface area contributed by atoms with Crippen LogP contribution in [0.3, 0.4) is 0 Å². The second-order valence-corrected chi connectivity index (χ2v) is 15.6. The van der Waals surface area contributed by atoms with Crippen LogP contribution in [0.5, 0.6) is 0 Å². The predicted octanol–water partition coefficient (Wildman–Crippen LogP) is 6.34. The number of benzene rings is 4. The Morgan fingerprint density at radius 1 is 0.381 bits per heavy atom. The molecule has 0 aliphatic rings. The fraction of sp³-hybridized carbons (Fsp3) is 0.400. The molecule has 0 aliphatic carbocycles. The Kier molecular flexibility index (Phi) is 21.0. The molecule has 1 N–H and O–H groups in total. The number of hydrogen-bond acceptors (Lipinski definition) is 13. The first-order valence-corrected chi connectivity index (χ1v) is 21.2. The standard InChI is InChI=1S/C50H59NO12/c1-35-9-17-39(18-10-35)27-47(54)58-31-43(32-59-48(55)28-40-19-11-36(2)12-20-40)62-45(52)7-5-25-51-26-6-8-46(53)63-44(33-60-49(56)29-41-21-13-37(3)14-22-41)34-61-50(57)30-42-23-15-38(4)16-24-42/h9-24,43-44,51H,5-8,25-34H2,1-4H3. The van der Waals surface area contributed by atoms with Crippen LogP contribution >= 0.6 is 0 Å². The van der Waals surface area contributed by atoms with Gasteiger partial charge in [-0.2, -0.15) is 0 Å². The van der Waals surface area contributed by atoms with E-state index in [9.17, 15) is 28.8 Å². The highest BCUT2D eigenvalue weighted by Crippen LogP contribution is 2.11. The molecule has 0 atom stereocenters. The van der Waals surface area contributed by atoms with E-state index in [2.05, 4.69) is 5.32 Å². The van der Waals surface area contributed by atoms with E-state index in [1.165, 1.54) is 0 Å². The van der Waals surface area contributed by atoms with Gasteiger partial charge in [0.2, 0.25) is 0 Å². The number of hydrogen-bond donors (Lipinski definition) is 1. The van der Waals surface area contributed by atoms with Gasteiger partial charge in [-0.1, -0.05) is 119 Å². The number of carbonyl (C=O) groups excluding carboxylic acids is 6. The summed E-state index contributed by atoms with van der Waals surface area (Å²) in [6.45, 7) is 7.53. The predicted molar refractivity (Wildman–Crippen MR) is 234 cm³/mol. The maximum Gasteiger partial charge on any atom is 0.310 e. The van der Waals surface area contributed by atoms with Crippen LogP contribution in [0.2, 0.25) is 0 Å². The van der Waals surface area contributed by atoms with Crippen molar-refractivity contribution in [3.63, 3.8) is 0 Å². The summed E-state index contributed by atoms with van der Waals surface area (Å²) in [5.74, 6) is -3.15. The van der Waals surface area contributed by atoms with Crippen molar-refractivity contribution in [3.05, 3.63) is 142 Å². The number of esters is 6. The van der Waals surface area contributed by atoms with Crippen molar-refractivity contribution in [3.8, 4) is 0 Å². The molecular formula is C50H59NO12. The number of rotatable bonds is 26.